The van der Waals surface area contributed by atoms with E-state index in [9.17, 15) is 10.2 Å². The molecule has 3 N–H and O–H groups in total. The molecule has 1 saturated heterocycles. The highest BCUT2D eigenvalue weighted by atomic mass is 16.6. The van der Waals surface area contributed by atoms with Crippen molar-refractivity contribution in [3.63, 3.8) is 0 Å². The van der Waals surface area contributed by atoms with E-state index in [1.807, 2.05) is 6.92 Å². The molecule has 2 unspecified atom stereocenters. The maximum absolute atomic E-state index is 9.72. The molecule has 16 heavy (non-hydrogen) atoms. The Morgan fingerprint density at radius 3 is 2.69 bits per heavy atom. The molecule has 90 valence electrons. The highest BCUT2D eigenvalue weighted by Crippen LogP contribution is 2.28. The molecule has 7 nitrogen and oxygen atoms in total. The zero-order valence-corrected chi connectivity index (χ0v) is 8.89. The number of aromatic nitrogens is 3. The summed E-state index contributed by atoms with van der Waals surface area (Å²) in [6.07, 6.45) is -1.66. The number of hydrogen-bond acceptors (Lipinski definition) is 6. The Labute approximate surface area is 92.3 Å². The number of nitrogens with zero attached hydrogens (tertiary/aromatic N) is 3. The molecule has 1 aliphatic heterocycles. The fraction of sp³-hybridized carbons (Fsp3) is 0.778. The topological polar surface area (TPSA) is 101 Å². The molecule has 0 amide bonds. The van der Waals surface area contributed by atoms with E-state index in [1.165, 1.54) is 11.0 Å². The van der Waals surface area contributed by atoms with E-state index in [-0.39, 0.29) is 6.61 Å². The van der Waals surface area contributed by atoms with Crippen LogP contribution >= 0.6 is 0 Å². The Morgan fingerprint density at radius 1 is 1.44 bits per heavy atom. The minimum absolute atomic E-state index is 0.343. The van der Waals surface area contributed by atoms with Crippen LogP contribution in [0.3, 0.4) is 0 Å². The molecule has 0 aromatic carbocycles. The minimum atomic E-state index is -1.11. The molecule has 0 saturated carbocycles. The Bertz CT molecular complexity index is 356. The zero-order chi connectivity index (χ0) is 11.7. The third-order valence-electron chi connectivity index (χ3n) is 2.65. The summed E-state index contributed by atoms with van der Waals surface area (Å²) in [5.41, 5.74) is 0. The van der Waals surface area contributed by atoms with Gasteiger partial charge in [0.15, 0.2) is 6.23 Å². The van der Waals surface area contributed by atoms with Crippen LogP contribution < -0.4 is 0 Å². The second-order valence-corrected chi connectivity index (χ2v) is 3.72. The van der Waals surface area contributed by atoms with Crippen molar-refractivity contribution in [3.8, 4) is 0 Å². The van der Waals surface area contributed by atoms with Gasteiger partial charge in [0.1, 0.15) is 30.5 Å². The van der Waals surface area contributed by atoms with Crippen LogP contribution in [-0.4, -0.2) is 55.0 Å². The smallest absolute Gasteiger partial charge is 0.180 e. The van der Waals surface area contributed by atoms with Gasteiger partial charge in [0.2, 0.25) is 0 Å². The Morgan fingerprint density at radius 2 is 2.19 bits per heavy atom. The van der Waals surface area contributed by atoms with Gasteiger partial charge in [-0.05, 0) is 0 Å². The fourth-order valence-electron chi connectivity index (χ4n) is 1.69. The summed E-state index contributed by atoms with van der Waals surface area (Å²) in [6, 6.07) is 0. The molecule has 1 aromatic heterocycles. The molecular formula is C9H15N3O4. The van der Waals surface area contributed by atoms with E-state index in [0.29, 0.717) is 12.2 Å². The van der Waals surface area contributed by atoms with Gasteiger partial charge >= 0.3 is 0 Å². The first-order chi connectivity index (χ1) is 7.67. The first-order valence-electron chi connectivity index (χ1n) is 5.19. The van der Waals surface area contributed by atoms with Crippen LogP contribution in [0.15, 0.2) is 6.33 Å². The van der Waals surface area contributed by atoms with Crippen molar-refractivity contribution in [2.45, 2.75) is 37.9 Å². The summed E-state index contributed by atoms with van der Waals surface area (Å²) in [5, 5.41) is 32.3. The van der Waals surface area contributed by atoms with E-state index in [4.69, 9.17) is 9.84 Å². The Kier molecular flexibility index (Phi) is 3.20. The highest BCUT2D eigenvalue weighted by molar-refractivity contribution is 4.90. The molecule has 0 spiro atoms. The molecule has 4 atom stereocenters. The SMILES string of the molecule is CCc1ncn([C@@H]2O[C@H](CO)C(O)C2O)n1. The number of hydrogen-bond donors (Lipinski definition) is 3. The minimum Gasteiger partial charge on any atom is -0.394 e. The van der Waals surface area contributed by atoms with Gasteiger partial charge in [-0.3, -0.25) is 0 Å². The van der Waals surface area contributed by atoms with Gasteiger partial charge in [0.05, 0.1) is 6.61 Å². The molecule has 1 aromatic rings. The second-order valence-electron chi connectivity index (χ2n) is 3.72. The average Bonchev–Trinajstić information content (AvgIpc) is 2.86. The first kappa shape index (κ1) is 11.5. The summed E-state index contributed by atoms with van der Waals surface area (Å²) in [5.74, 6) is 0.637. The van der Waals surface area contributed by atoms with Crippen molar-refractivity contribution >= 4 is 0 Å². The van der Waals surface area contributed by atoms with Gasteiger partial charge in [-0.25, -0.2) is 9.67 Å². The van der Waals surface area contributed by atoms with Gasteiger partial charge in [-0.1, -0.05) is 6.92 Å². The van der Waals surface area contributed by atoms with Crippen LogP contribution in [0.4, 0.5) is 0 Å². The predicted molar refractivity (Wildman–Crippen MR) is 52.4 cm³/mol. The standard InChI is InChI=1S/C9H15N3O4/c1-2-6-10-4-12(11-6)9-8(15)7(14)5(3-13)16-9/h4-5,7-9,13-15H,2-3H2,1H3/t5-,7?,8?,9-/m1/s1. The summed E-state index contributed by atoms with van der Waals surface area (Å²) >= 11 is 0. The van der Waals surface area contributed by atoms with Crippen molar-refractivity contribution < 1.29 is 20.1 Å². The molecule has 2 heterocycles. The molecule has 1 fully saturated rings. The van der Waals surface area contributed by atoms with E-state index < -0.39 is 24.5 Å². The summed E-state index contributed by atoms with van der Waals surface area (Å²) in [7, 11) is 0. The van der Waals surface area contributed by atoms with Crippen molar-refractivity contribution in [1.29, 1.82) is 0 Å². The molecule has 0 aliphatic carbocycles. The molecule has 2 rings (SSSR count). The summed E-state index contributed by atoms with van der Waals surface area (Å²) in [4.78, 5) is 4.01. The second kappa shape index (κ2) is 4.46. The highest BCUT2D eigenvalue weighted by Gasteiger charge is 2.43. The van der Waals surface area contributed by atoms with Gasteiger partial charge in [0, 0.05) is 6.42 Å². The third kappa shape index (κ3) is 1.82. The van der Waals surface area contributed by atoms with Gasteiger partial charge in [0.25, 0.3) is 0 Å². The average molecular weight is 229 g/mol. The number of aryl methyl sites for hydroxylation is 1. The fourth-order valence-corrected chi connectivity index (χ4v) is 1.69. The van der Waals surface area contributed by atoms with Crippen LogP contribution in [0, 0.1) is 0 Å². The number of aliphatic hydroxyl groups is 3. The normalized spacial score (nSPS) is 34.5. The van der Waals surface area contributed by atoms with E-state index in [1.54, 1.807) is 0 Å². The molecule has 7 heteroatoms. The Hall–Kier alpha value is -1.02. The van der Waals surface area contributed by atoms with Crippen LogP contribution in [-0.2, 0) is 11.2 Å². The van der Waals surface area contributed by atoms with Crippen LogP contribution in [0.1, 0.15) is 19.0 Å². The van der Waals surface area contributed by atoms with Crippen molar-refractivity contribution in [3.05, 3.63) is 12.2 Å². The largest absolute Gasteiger partial charge is 0.394 e. The summed E-state index contributed by atoms with van der Waals surface area (Å²) in [6.45, 7) is 1.57. The van der Waals surface area contributed by atoms with Crippen molar-refractivity contribution in [1.82, 2.24) is 14.8 Å². The van der Waals surface area contributed by atoms with E-state index >= 15 is 0 Å². The van der Waals surface area contributed by atoms with Crippen LogP contribution in [0.5, 0.6) is 0 Å². The lowest BCUT2D eigenvalue weighted by atomic mass is 10.1. The van der Waals surface area contributed by atoms with Crippen molar-refractivity contribution in [2.75, 3.05) is 6.61 Å². The maximum atomic E-state index is 9.72. The quantitative estimate of drug-likeness (QED) is 0.580. The first-order valence-corrected chi connectivity index (χ1v) is 5.19. The van der Waals surface area contributed by atoms with E-state index in [0.717, 1.165) is 0 Å². The number of ether oxygens (including phenoxy) is 1. The molecule has 0 bridgehead atoms. The van der Waals surface area contributed by atoms with Crippen LogP contribution in [0.25, 0.3) is 0 Å². The zero-order valence-electron chi connectivity index (χ0n) is 8.89. The van der Waals surface area contributed by atoms with Gasteiger partial charge < -0.3 is 20.1 Å². The van der Waals surface area contributed by atoms with E-state index in [2.05, 4.69) is 10.1 Å². The lowest BCUT2D eigenvalue weighted by Gasteiger charge is -2.13. The lowest BCUT2D eigenvalue weighted by Crippen LogP contribution is -2.33. The predicted octanol–water partition coefficient (Wildman–Crippen LogP) is -1.55. The monoisotopic (exact) mass is 229 g/mol. The van der Waals surface area contributed by atoms with Gasteiger partial charge in [-0.15, -0.1) is 0 Å². The van der Waals surface area contributed by atoms with Crippen LogP contribution in [0.2, 0.25) is 0 Å². The number of rotatable bonds is 3. The lowest BCUT2D eigenvalue weighted by molar-refractivity contribution is -0.0589. The molecule has 0 radical (unpaired) electrons. The summed E-state index contributed by atoms with van der Waals surface area (Å²) < 4.78 is 6.65. The molecular weight excluding hydrogens is 214 g/mol. The van der Waals surface area contributed by atoms with Crippen molar-refractivity contribution in [2.24, 2.45) is 0 Å². The third-order valence-corrected chi connectivity index (χ3v) is 2.65. The molecule has 1 aliphatic rings. The number of aliphatic hydroxyl groups excluding tert-OH is 3. The maximum Gasteiger partial charge on any atom is 0.180 e. The Balaban J connectivity index is 2.16. The van der Waals surface area contributed by atoms with Gasteiger partial charge in [-0.2, -0.15) is 5.10 Å².